The third kappa shape index (κ3) is 2.24. The summed E-state index contributed by atoms with van der Waals surface area (Å²) >= 11 is 0. The Balaban J connectivity index is 2.36. The van der Waals surface area contributed by atoms with Crippen LogP contribution in [0.2, 0.25) is 0 Å². The van der Waals surface area contributed by atoms with Crippen LogP contribution >= 0.6 is 0 Å². The largest absolute Gasteiger partial charge is 0.304 e. The van der Waals surface area contributed by atoms with Gasteiger partial charge in [-0.25, -0.2) is 0 Å². The molecule has 0 saturated carbocycles. The summed E-state index contributed by atoms with van der Waals surface area (Å²) in [5.41, 5.74) is 1.49. The second-order valence-electron chi connectivity index (χ2n) is 5.66. The number of benzene rings is 1. The third-order valence-electron chi connectivity index (χ3n) is 3.13. The van der Waals surface area contributed by atoms with Crippen molar-refractivity contribution in [3.8, 4) is 0 Å². The van der Waals surface area contributed by atoms with E-state index in [-0.39, 0.29) is 5.54 Å². The molecule has 18 heavy (non-hydrogen) atoms. The van der Waals surface area contributed by atoms with E-state index in [1.807, 2.05) is 52.0 Å². The molecule has 1 saturated heterocycles. The molecule has 0 bridgehead atoms. The van der Waals surface area contributed by atoms with Crippen LogP contribution in [-0.2, 0) is 10.2 Å². The highest BCUT2D eigenvalue weighted by atomic mass is 32.2. The van der Waals surface area contributed by atoms with Gasteiger partial charge in [0.25, 0.3) is 0 Å². The molecule has 0 aromatic heterocycles. The summed E-state index contributed by atoms with van der Waals surface area (Å²) in [4.78, 5) is 0. The quantitative estimate of drug-likeness (QED) is 0.783. The SMILES string of the molecule is Cc1ccc(N2CCN(C(C)(C)C)S2(=O)=O)cc1. The zero-order valence-electron chi connectivity index (χ0n) is 11.3. The van der Waals surface area contributed by atoms with Gasteiger partial charge >= 0.3 is 10.2 Å². The van der Waals surface area contributed by atoms with Crippen molar-refractivity contribution in [2.45, 2.75) is 33.2 Å². The predicted octanol–water partition coefficient (Wildman–Crippen LogP) is 2.16. The zero-order chi connectivity index (χ0) is 13.6. The molecule has 4 nitrogen and oxygen atoms in total. The van der Waals surface area contributed by atoms with Crippen LogP contribution in [0.25, 0.3) is 0 Å². The molecule has 1 heterocycles. The monoisotopic (exact) mass is 268 g/mol. The van der Waals surface area contributed by atoms with Crippen molar-refractivity contribution in [3.05, 3.63) is 29.8 Å². The summed E-state index contributed by atoms with van der Waals surface area (Å²) in [5, 5.41) is 0. The Kier molecular flexibility index (Phi) is 3.15. The molecule has 100 valence electrons. The molecule has 1 aromatic rings. The second-order valence-corrected chi connectivity index (χ2v) is 7.44. The molecular weight excluding hydrogens is 248 g/mol. The summed E-state index contributed by atoms with van der Waals surface area (Å²) in [6, 6.07) is 7.59. The Morgan fingerprint density at radius 1 is 1.06 bits per heavy atom. The van der Waals surface area contributed by atoms with E-state index in [2.05, 4.69) is 0 Å². The molecule has 0 spiro atoms. The van der Waals surface area contributed by atoms with Crippen LogP contribution in [0.1, 0.15) is 26.3 Å². The highest BCUT2D eigenvalue weighted by molar-refractivity contribution is 7.90. The van der Waals surface area contributed by atoms with Crippen molar-refractivity contribution >= 4 is 15.9 Å². The fraction of sp³-hybridized carbons (Fsp3) is 0.538. The molecule has 5 heteroatoms. The summed E-state index contributed by atoms with van der Waals surface area (Å²) in [5.74, 6) is 0. The summed E-state index contributed by atoms with van der Waals surface area (Å²) in [6.07, 6.45) is 0. The van der Waals surface area contributed by atoms with E-state index in [1.165, 1.54) is 4.31 Å². The first kappa shape index (κ1) is 13.4. The molecule has 0 N–H and O–H groups in total. The fourth-order valence-electron chi connectivity index (χ4n) is 2.19. The van der Waals surface area contributed by atoms with E-state index in [4.69, 9.17) is 0 Å². The van der Waals surface area contributed by atoms with Crippen LogP contribution in [0, 0.1) is 6.92 Å². The minimum absolute atomic E-state index is 0.377. The molecule has 2 rings (SSSR count). The van der Waals surface area contributed by atoms with Gasteiger partial charge in [-0.2, -0.15) is 12.7 Å². The second kappa shape index (κ2) is 4.24. The van der Waals surface area contributed by atoms with Gasteiger partial charge in [-0.15, -0.1) is 0 Å². The highest BCUT2D eigenvalue weighted by Crippen LogP contribution is 2.30. The van der Waals surface area contributed by atoms with E-state index >= 15 is 0 Å². The van der Waals surface area contributed by atoms with Crippen LogP contribution in [0.15, 0.2) is 24.3 Å². The molecule has 0 radical (unpaired) electrons. The van der Waals surface area contributed by atoms with Gasteiger partial charge in [0.1, 0.15) is 0 Å². The lowest BCUT2D eigenvalue weighted by atomic mass is 10.1. The minimum atomic E-state index is -3.38. The molecule has 1 fully saturated rings. The maximum Gasteiger partial charge on any atom is 0.304 e. The van der Waals surface area contributed by atoms with Crippen molar-refractivity contribution in [1.29, 1.82) is 0 Å². The topological polar surface area (TPSA) is 40.6 Å². The van der Waals surface area contributed by atoms with Gasteiger partial charge in [0.05, 0.1) is 5.69 Å². The maximum absolute atomic E-state index is 12.5. The van der Waals surface area contributed by atoms with Crippen LogP contribution in [0.3, 0.4) is 0 Å². The first-order valence-corrected chi connectivity index (χ1v) is 7.50. The van der Waals surface area contributed by atoms with Crippen molar-refractivity contribution in [2.75, 3.05) is 17.4 Å². The van der Waals surface area contributed by atoms with E-state index in [0.29, 0.717) is 13.1 Å². The van der Waals surface area contributed by atoms with Gasteiger partial charge in [0, 0.05) is 18.6 Å². The Bertz CT molecular complexity index is 529. The highest BCUT2D eigenvalue weighted by Gasteiger charge is 2.42. The Hall–Kier alpha value is -1.07. The van der Waals surface area contributed by atoms with E-state index in [1.54, 1.807) is 4.31 Å². The molecule has 0 aliphatic carbocycles. The number of anilines is 1. The van der Waals surface area contributed by atoms with Gasteiger partial charge in [-0.3, -0.25) is 4.31 Å². The lowest BCUT2D eigenvalue weighted by Crippen LogP contribution is -2.44. The number of aryl methyl sites for hydroxylation is 1. The van der Waals surface area contributed by atoms with Crippen LogP contribution in [-0.4, -0.2) is 31.4 Å². The maximum atomic E-state index is 12.5. The fourth-order valence-corrected chi connectivity index (χ4v) is 4.13. The molecule has 0 unspecified atom stereocenters. The van der Waals surface area contributed by atoms with Crippen molar-refractivity contribution < 1.29 is 8.42 Å². The number of rotatable bonds is 1. The Labute approximate surface area is 109 Å². The first-order chi connectivity index (χ1) is 8.23. The zero-order valence-corrected chi connectivity index (χ0v) is 12.2. The summed E-state index contributed by atoms with van der Waals surface area (Å²) in [6.45, 7) is 8.81. The number of hydrogen-bond donors (Lipinski definition) is 0. The Morgan fingerprint density at radius 3 is 2.06 bits per heavy atom. The standard InChI is InChI=1S/C13H20N2O2S/c1-11-5-7-12(8-6-11)14-9-10-15(13(2,3)4)18(14,16)17/h5-8H,9-10H2,1-4H3. The Morgan fingerprint density at radius 2 is 1.61 bits per heavy atom. The molecule has 1 aliphatic rings. The lowest BCUT2D eigenvalue weighted by Gasteiger charge is -2.30. The van der Waals surface area contributed by atoms with Crippen LogP contribution in [0.4, 0.5) is 5.69 Å². The summed E-state index contributed by atoms with van der Waals surface area (Å²) in [7, 11) is -3.38. The van der Waals surface area contributed by atoms with Gasteiger partial charge in [0.2, 0.25) is 0 Å². The van der Waals surface area contributed by atoms with Crippen LogP contribution in [0.5, 0.6) is 0 Å². The van der Waals surface area contributed by atoms with Crippen molar-refractivity contribution in [2.24, 2.45) is 0 Å². The van der Waals surface area contributed by atoms with Crippen molar-refractivity contribution in [1.82, 2.24) is 4.31 Å². The van der Waals surface area contributed by atoms with E-state index < -0.39 is 10.2 Å². The van der Waals surface area contributed by atoms with Gasteiger partial charge in [-0.05, 0) is 39.8 Å². The molecule has 0 amide bonds. The van der Waals surface area contributed by atoms with Gasteiger partial charge < -0.3 is 0 Å². The van der Waals surface area contributed by atoms with Crippen molar-refractivity contribution in [3.63, 3.8) is 0 Å². The molecule has 1 aliphatic heterocycles. The third-order valence-corrected chi connectivity index (χ3v) is 5.37. The normalized spacial score (nSPS) is 20.3. The number of hydrogen-bond acceptors (Lipinski definition) is 2. The van der Waals surface area contributed by atoms with Crippen LogP contribution < -0.4 is 4.31 Å². The first-order valence-electron chi connectivity index (χ1n) is 6.10. The predicted molar refractivity (Wildman–Crippen MR) is 73.9 cm³/mol. The summed E-state index contributed by atoms with van der Waals surface area (Å²) < 4.78 is 28.0. The molecular formula is C13H20N2O2S. The number of nitrogens with zero attached hydrogens (tertiary/aromatic N) is 2. The molecule has 1 aromatic carbocycles. The molecule has 0 atom stereocenters. The van der Waals surface area contributed by atoms with E-state index in [9.17, 15) is 8.42 Å². The smallest absolute Gasteiger partial charge is 0.256 e. The lowest BCUT2D eigenvalue weighted by molar-refractivity contribution is 0.271. The minimum Gasteiger partial charge on any atom is -0.256 e. The average Bonchev–Trinajstić information content (AvgIpc) is 2.54. The average molecular weight is 268 g/mol. The van der Waals surface area contributed by atoms with Gasteiger partial charge in [-0.1, -0.05) is 17.7 Å². The van der Waals surface area contributed by atoms with E-state index in [0.717, 1.165) is 11.3 Å². The van der Waals surface area contributed by atoms with Gasteiger partial charge in [0.15, 0.2) is 0 Å².